The van der Waals surface area contributed by atoms with Crippen LogP contribution < -0.4 is 5.32 Å². The van der Waals surface area contributed by atoms with Crippen molar-refractivity contribution in [2.45, 2.75) is 18.9 Å². The van der Waals surface area contributed by atoms with Gasteiger partial charge in [-0.3, -0.25) is 4.98 Å². The molecule has 112 valence electrons. The molecule has 0 aliphatic carbocycles. The van der Waals surface area contributed by atoms with Crippen LogP contribution in [0.5, 0.6) is 0 Å². The van der Waals surface area contributed by atoms with E-state index < -0.39 is 0 Å². The summed E-state index contributed by atoms with van der Waals surface area (Å²) in [4.78, 5) is 8.84. The van der Waals surface area contributed by atoms with Gasteiger partial charge in [-0.15, -0.1) is 11.3 Å². The molecule has 1 unspecified atom stereocenters. The zero-order valence-corrected chi connectivity index (χ0v) is 13.0. The van der Waals surface area contributed by atoms with E-state index in [4.69, 9.17) is 4.74 Å². The molecule has 4 rings (SSSR count). The first-order valence-corrected chi connectivity index (χ1v) is 8.41. The summed E-state index contributed by atoms with van der Waals surface area (Å²) in [5.41, 5.74) is 2.23. The Hall–Kier alpha value is -1.98. The van der Waals surface area contributed by atoms with Gasteiger partial charge in [-0.2, -0.15) is 0 Å². The van der Waals surface area contributed by atoms with E-state index in [0.29, 0.717) is 6.10 Å². The van der Waals surface area contributed by atoms with E-state index in [-0.39, 0.29) is 0 Å². The Labute approximate surface area is 133 Å². The standard InChI is InChI=1S/C17H17N3OS/c1-2-13(21-6-1)9-20-17-4-3-12(8-19-17)15-10-18-11-16-14(15)5-7-22-16/h3-5,7-8,10-11,13H,1-2,6,9H2,(H,19,20). The van der Waals surface area contributed by atoms with Crippen LogP contribution >= 0.6 is 11.3 Å². The van der Waals surface area contributed by atoms with E-state index in [0.717, 1.165) is 42.9 Å². The van der Waals surface area contributed by atoms with Crippen molar-refractivity contribution < 1.29 is 4.74 Å². The number of hydrogen-bond acceptors (Lipinski definition) is 5. The van der Waals surface area contributed by atoms with Gasteiger partial charge in [0.05, 0.1) is 10.8 Å². The molecule has 1 aliphatic rings. The van der Waals surface area contributed by atoms with Gasteiger partial charge in [0.25, 0.3) is 0 Å². The molecule has 5 heteroatoms. The topological polar surface area (TPSA) is 47.0 Å². The molecule has 0 bridgehead atoms. The average molecular weight is 311 g/mol. The Morgan fingerprint density at radius 1 is 1.23 bits per heavy atom. The fraction of sp³-hybridized carbons (Fsp3) is 0.294. The second-order valence-corrected chi connectivity index (χ2v) is 6.42. The molecule has 4 heterocycles. The first kappa shape index (κ1) is 13.7. The Bertz CT molecular complexity index is 763. The second-order valence-electron chi connectivity index (χ2n) is 5.47. The maximum atomic E-state index is 5.61. The molecule has 3 aromatic rings. The highest BCUT2D eigenvalue weighted by atomic mass is 32.1. The molecule has 1 aliphatic heterocycles. The van der Waals surface area contributed by atoms with Crippen molar-refractivity contribution in [2.24, 2.45) is 0 Å². The highest BCUT2D eigenvalue weighted by Gasteiger charge is 2.15. The summed E-state index contributed by atoms with van der Waals surface area (Å²) in [6.07, 6.45) is 8.35. The predicted molar refractivity (Wildman–Crippen MR) is 90.3 cm³/mol. The normalized spacial score (nSPS) is 17.9. The molecule has 1 saturated heterocycles. The number of rotatable bonds is 4. The van der Waals surface area contributed by atoms with Crippen molar-refractivity contribution in [1.29, 1.82) is 0 Å². The van der Waals surface area contributed by atoms with Crippen molar-refractivity contribution in [2.75, 3.05) is 18.5 Å². The molecule has 22 heavy (non-hydrogen) atoms. The highest BCUT2D eigenvalue weighted by Crippen LogP contribution is 2.30. The molecule has 3 aromatic heterocycles. The number of thiophene rings is 1. The van der Waals surface area contributed by atoms with Gasteiger partial charge in [0.1, 0.15) is 5.82 Å². The minimum atomic E-state index is 0.324. The largest absolute Gasteiger partial charge is 0.376 e. The zero-order valence-electron chi connectivity index (χ0n) is 12.2. The lowest BCUT2D eigenvalue weighted by Gasteiger charge is -2.11. The van der Waals surface area contributed by atoms with E-state index in [9.17, 15) is 0 Å². The molecule has 0 aromatic carbocycles. The number of ether oxygens (including phenoxy) is 1. The SMILES string of the molecule is c1cc2c(-c3ccc(NCC4CCCO4)nc3)cncc2s1. The molecule has 0 radical (unpaired) electrons. The fourth-order valence-electron chi connectivity index (χ4n) is 2.80. The zero-order chi connectivity index (χ0) is 14.8. The summed E-state index contributed by atoms with van der Waals surface area (Å²) < 4.78 is 6.82. The maximum absolute atomic E-state index is 5.61. The van der Waals surface area contributed by atoms with Crippen LogP contribution in [0.1, 0.15) is 12.8 Å². The van der Waals surface area contributed by atoms with Gasteiger partial charge in [-0.25, -0.2) is 4.98 Å². The minimum absolute atomic E-state index is 0.324. The van der Waals surface area contributed by atoms with Crippen molar-refractivity contribution >= 4 is 27.2 Å². The lowest BCUT2D eigenvalue weighted by Crippen LogP contribution is -2.18. The second kappa shape index (κ2) is 6.02. The molecular formula is C17H17N3OS. The van der Waals surface area contributed by atoms with E-state index in [1.807, 2.05) is 24.7 Å². The Balaban J connectivity index is 1.52. The van der Waals surface area contributed by atoms with Gasteiger partial charge in [-0.05, 0) is 36.4 Å². The summed E-state index contributed by atoms with van der Waals surface area (Å²) >= 11 is 1.71. The third-order valence-electron chi connectivity index (χ3n) is 3.99. The molecule has 1 N–H and O–H groups in total. The van der Waals surface area contributed by atoms with Crippen molar-refractivity contribution in [3.63, 3.8) is 0 Å². The van der Waals surface area contributed by atoms with Crippen LogP contribution in [0.4, 0.5) is 5.82 Å². The van der Waals surface area contributed by atoms with Gasteiger partial charge in [0.15, 0.2) is 0 Å². The molecule has 1 atom stereocenters. The maximum Gasteiger partial charge on any atom is 0.126 e. The van der Waals surface area contributed by atoms with E-state index in [1.54, 1.807) is 11.3 Å². The number of fused-ring (bicyclic) bond motifs is 1. The number of nitrogens with one attached hydrogen (secondary N) is 1. The van der Waals surface area contributed by atoms with Gasteiger partial charge in [-0.1, -0.05) is 0 Å². The molecular weight excluding hydrogens is 294 g/mol. The molecule has 4 nitrogen and oxygen atoms in total. The van der Waals surface area contributed by atoms with Crippen LogP contribution in [-0.2, 0) is 4.74 Å². The Morgan fingerprint density at radius 3 is 3.05 bits per heavy atom. The quantitative estimate of drug-likeness (QED) is 0.792. The Morgan fingerprint density at radius 2 is 2.23 bits per heavy atom. The summed E-state index contributed by atoms with van der Waals surface area (Å²) in [5, 5.41) is 6.68. The van der Waals surface area contributed by atoms with Crippen LogP contribution in [0, 0.1) is 0 Å². The summed E-state index contributed by atoms with van der Waals surface area (Å²) in [5.74, 6) is 0.893. The monoisotopic (exact) mass is 311 g/mol. The minimum Gasteiger partial charge on any atom is -0.376 e. The van der Waals surface area contributed by atoms with Crippen molar-refractivity contribution in [3.8, 4) is 11.1 Å². The first-order chi connectivity index (χ1) is 10.9. The van der Waals surface area contributed by atoms with E-state index in [1.165, 1.54) is 10.1 Å². The lowest BCUT2D eigenvalue weighted by atomic mass is 10.1. The van der Waals surface area contributed by atoms with Crippen molar-refractivity contribution in [1.82, 2.24) is 9.97 Å². The van der Waals surface area contributed by atoms with Gasteiger partial charge in [0, 0.05) is 48.3 Å². The molecule has 0 amide bonds. The number of nitrogens with zero attached hydrogens (tertiary/aromatic N) is 2. The van der Waals surface area contributed by atoms with Gasteiger partial charge in [0.2, 0.25) is 0 Å². The van der Waals surface area contributed by atoms with Gasteiger partial charge >= 0.3 is 0 Å². The summed E-state index contributed by atoms with van der Waals surface area (Å²) in [6, 6.07) is 6.26. The van der Waals surface area contributed by atoms with Crippen LogP contribution in [0.25, 0.3) is 21.2 Å². The predicted octanol–water partition coefficient (Wildman–Crippen LogP) is 3.95. The van der Waals surface area contributed by atoms with Crippen LogP contribution in [0.15, 0.2) is 42.2 Å². The molecule has 0 saturated carbocycles. The van der Waals surface area contributed by atoms with Crippen molar-refractivity contribution in [3.05, 3.63) is 42.2 Å². The Kier molecular flexibility index (Phi) is 3.74. The number of anilines is 1. The summed E-state index contributed by atoms with van der Waals surface area (Å²) in [6.45, 7) is 1.71. The molecule has 0 spiro atoms. The average Bonchev–Trinajstić information content (AvgIpc) is 3.24. The number of aromatic nitrogens is 2. The third-order valence-corrected chi connectivity index (χ3v) is 4.84. The summed E-state index contributed by atoms with van der Waals surface area (Å²) in [7, 11) is 0. The van der Waals surface area contributed by atoms with Crippen LogP contribution in [-0.4, -0.2) is 29.2 Å². The fourth-order valence-corrected chi connectivity index (χ4v) is 3.58. The number of pyridine rings is 2. The number of hydrogen-bond donors (Lipinski definition) is 1. The van der Waals surface area contributed by atoms with Gasteiger partial charge < -0.3 is 10.1 Å². The van der Waals surface area contributed by atoms with Crippen LogP contribution in [0.2, 0.25) is 0 Å². The lowest BCUT2D eigenvalue weighted by molar-refractivity contribution is 0.120. The molecule has 1 fully saturated rings. The smallest absolute Gasteiger partial charge is 0.126 e. The van der Waals surface area contributed by atoms with E-state index >= 15 is 0 Å². The van der Waals surface area contributed by atoms with Crippen LogP contribution in [0.3, 0.4) is 0 Å². The highest BCUT2D eigenvalue weighted by molar-refractivity contribution is 7.17. The first-order valence-electron chi connectivity index (χ1n) is 7.53. The third kappa shape index (κ3) is 2.69. The van der Waals surface area contributed by atoms with E-state index in [2.05, 4.69) is 32.8 Å².